The topological polar surface area (TPSA) is 79.0 Å². The van der Waals surface area contributed by atoms with Gasteiger partial charge in [-0.2, -0.15) is 5.10 Å². The van der Waals surface area contributed by atoms with Crippen molar-refractivity contribution in [2.24, 2.45) is 5.11 Å². The SMILES string of the molecule is [N-]=[N+]=NCc1cccc2c(-c3ccncc3)c(-c3ccc(F)cc3)nn12. The highest BCUT2D eigenvalue weighted by Crippen LogP contribution is 2.35. The van der Waals surface area contributed by atoms with Gasteiger partial charge in [0.25, 0.3) is 0 Å². The average molecular weight is 344 g/mol. The maximum atomic E-state index is 13.4. The van der Waals surface area contributed by atoms with E-state index < -0.39 is 0 Å². The second kappa shape index (κ2) is 6.66. The summed E-state index contributed by atoms with van der Waals surface area (Å²) in [6.07, 6.45) is 3.44. The molecule has 126 valence electrons. The first-order valence-electron chi connectivity index (χ1n) is 7.96. The summed E-state index contributed by atoms with van der Waals surface area (Å²) in [5, 5.41) is 8.38. The Labute approximate surface area is 148 Å². The third-order valence-corrected chi connectivity index (χ3v) is 4.12. The molecular weight excluding hydrogens is 331 g/mol. The molecule has 0 aliphatic rings. The minimum Gasteiger partial charge on any atom is -0.265 e. The number of fused-ring (bicyclic) bond motifs is 1. The fraction of sp³-hybridized carbons (Fsp3) is 0.0526. The maximum absolute atomic E-state index is 13.4. The molecule has 0 N–H and O–H groups in total. The lowest BCUT2D eigenvalue weighted by Gasteiger charge is -2.04. The summed E-state index contributed by atoms with van der Waals surface area (Å²) in [6, 6.07) is 15.8. The van der Waals surface area contributed by atoms with Gasteiger partial charge in [-0.3, -0.25) is 4.98 Å². The van der Waals surface area contributed by atoms with Crippen molar-refractivity contribution in [3.05, 3.63) is 88.9 Å². The minimum absolute atomic E-state index is 0.189. The van der Waals surface area contributed by atoms with Gasteiger partial charge in [0.2, 0.25) is 0 Å². The predicted octanol–water partition coefficient (Wildman–Crippen LogP) is 5.01. The van der Waals surface area contributed by atoms with Crippen LogP contribution in [0.4, 0.5) is 4.39 Å². The smallest absolute Gasteiger partial charge is 0.123 e. The van der Waals surface area contributed by atoms with Gasteiger partial charge in [0.05, 0.1) is 12.1 Å². The molecular formula is C19H13FN6. The van der Waals surface area contributed by atoms with Gasteiger partial charge in [0, 0.05) is 34.1 Å². The number of aromatic nitrogens is 3. The Morgan fingerprint density at radius 1 is 1.00 bits per heavy atom. The van der Waals surface area contributed by atoms with Crippen molar-refractivity contribution in [3.63, 3.8) is 0 Å². The molecule has 1 aromatic carbocycles. The van der Waals surface area contributed by atoms with Crippen LogP contribution >= 0.6 is 0 Å². The molecule has 0 radical (unpaired) electrons. The summed E-state index contributed by atoms with van der Waals surface area (Å²) >= 11 is 0. The number of hydrogen-bond acceptors (Lipinski definition) is 3. The summed E-state index contributed by atoms with van der Waals surface area (Å²) in [4.78, 5) is 6.90. The first-order valence-corrected chi connectivity index (χ1v) is 7.96. The summed E-state index contributed by atoms with van der Waals surface area (Å²) < 4.78 is 15.1. The second-order valence-corrected chi connectivity index (χ2v) is 5.67. The normalized spacial score (nSPS) is 10.7. The van der Waals surface area contributed by atoms with Gasteiger partial charge < -0.3 is 0 Å². The molecule has 6 nitrogen and oxygen atoms in total. The highest BCUT2D eigenvalue weighted by atomic mass is 19.1. The Hall–Kier alpha value is -3.70. The highest BCUT2D eigenvalue weighted by molar-refractivity contribution is 5.92. The lowest BCUT2D eigenvalue weighted by Crippen LogP contribution is -1.96. The van der Waals surface area contributed by atoms with E-state index in [1.54, 1.807) is 29.0 Å². The number of nitrogens with zero attached hydrogens (tertiary/aromatic N) is 6. The van der Waals surface area contributed by atoms with Gasteiger partial charge in [-0.1, -0.05) is 11.2 Å². The number of rotatable bonds is 4. The van der Waals surface area contributed by atoms with Crippen LogP contribution in [-0.4, -0.2) is 14.6 Å². The van der Waals surface area contributed by atoms with Crippen molar-refractivity contribution in [1.29, 1.82) is 0 Å². The van der Waals surface area contributed by atoms with Gasteiger partial charge >= 0.3 is 0 Å². The molecule has 4 rings (SSSR count). The summed E-state index contributed by atoms with van der Waals surface area (Å²) in [5.74, 6) is -0.299. The molecule has 0 amide bonds. The molecule has 0 fully saturated rings. The molecule has 0 spiro atoms. The average Bonchev–Trinajstić information content (AvgIpc) is 3.07. The highest BCUT2D eigenvalue weighted by Gasteiger charge is 2.17. The van der Waals surface area contributed by atoms with Crippen molar-refractivity contribution >= 4 is 5.52 Å². The lowest BCUT2D eigenvalue weighted by atomic mass is 10.0. The molecule has 7 heteroatoms. The quantitative estimate of drug-likeness (QED) is 0.296. The number of pyridine rings is 2. The minimum atomic E-state index is -0.299. The Balaban J connectivity index is 2.03. The van der Waals surface area contributed by atoms with Crippen LogP contribution in [0, 0.1) is 5.82 Å². The molecule has 0 saturated carbocycles. The van der Waals surface area contributed by atoms with Gasteiger partial charge in [-0.25, -0.2) is 8.91 Å². The first-order chi connectivity index (χ1) is 12.8. The molecule has 26 heavy (non-hydrogen) atoms. The van der Waals surface area contributed by atoms with Gasteiger partial charge in [0.1, 0.15) is 11.5 Å². The summed E-state index contributed by atoms with van der Waals surface area (Å²) in [7, 11) is 0. The fourth-order valence-electron chi connectivity index (χ4n) is 2.96. The van der Waals surface area contributed by atoms with E-state index in [1.165, 1.54) is 12.1 Å². The van der Waals surface area contributed by atoms with Crippen molar-refractivity contribution < 1.29 is 4.39 Å². The van der Waals surface area contributed by atoms with Gasteiger partial charge in [-0.05, 0) is 59.6 Å². The third kappa shape index (κ3) is 2.76. The van der Waals surface area contributed by atoms with Crippen LogP contribution in [0.25, 0.3) is 38.3 Å². The predicted molar refractivity (Wildman–Crippen MR) is 96.7 cm³/mol. The number of azide groups is 1. The van der Waals surface area contributed by atoms with Gasteiger partial charge in [-0.15, -0.1) is 0 Å². The van der Waals surface area contributed by atoms with Crippen molar-refractivity contribution in [1.82, 2.24) is 14.6 Å². The molecule has 0 aliphatic heterocycles. The standard InChI is InChI=1S/C19H13FN6/c20-15-6-4-14(5-7-15)19-18(13-8-10-22-11-9-13)17-3-1-2-16(12-23-25-21)26(17)24-19/h1-11H,12H2. The number of halogens is 1. The molecule has 0 saturated heterocycles. The number of hydrogen-bond donors (Lipinski definition) is 0. The van der Waals surface area contributed by atoms with Crippen molar-refractivity contribution in [2.45, 2.75) is 6.54 Å². The first kappa shape index (κ1) is 15.8. The van der Waals surface area contributed by atoms with E-state index in [-0.39, 0.29) is 12.4 Å². The zero-order valence-corrected chi connectivity index (χ0v) is 13.6. The largest absolute Gasteiger partial charge is 0.265 e. The zero-order chi connectivity index (χ0) is 17.9. The third-order valence-electron chi connectivity index (χ3n) is 4.12. The van der Waals surface area contributed by atoms with Crippen LogP contribution in [0.5, 0.6) is 0 Å². The monoisotopic (exact) mass is 344 g/mol. The Bertz CT molecular complexity index is 1110. The molecule has 4 aromatic rings. The molecule has 0 unspecified atom stereocenters. The van der Waals surface area contributed by atoms with Crippen molar-refractivity contribution in [3.8, 4) is 22.4 Å². The summed E-state index contributed by atoms with van der Waals surface area (Å²) in [5.41, 5.74) is 13.7. The fourth-order valence-corrected chi connectivity index (χ4v) is 2.96. The van der Waals surface area contributed by atoms with E-state index in [9.17, 15) is 4.39 Å². The molecule has 3 aromatic heterocycles. The van der Waals surface area contributed by atoms with Gasteiger partial charge in [0.15, 0.2) is 0 Å². The maximum Gasteiger partial charge on any atom is 0.123 e. The van der Waals surface area contributed by atoms with Crippen LogP contribution in [0.2, 0.25) is 0 Å². The molecule has 3 heterocycles. The lowest BCUT2D eigenvalue weighted by molar-refractivity contribution is 0.628. The Morgan fingerprint density at radius 2 is 1.77 bits per heavy atom. The second-order valence-electron chi connectivity index (χ2n) is 5.67. The number of benzene rings is 1. The van der Waals surface area contributed by atoms with Crippen molar-refractivity contribution in [2.75, 3.05) is 0 Å². The molecule has 0 aliphatic carbocycles. The van der Waals surface area contributed by atoms with Crippen LogP contribution in [-0.2, 0) is 6.54 Å². The van der Waals surface area contributed by atoms with Crippen LogP contribution < -0.4 is 0 Å². The summed E-state index contributed by atoms with van der Waals surface area (Å²) in [6.45, 7) is 0.189. The van der Waals surface area contributed by atoms with E-state index >= 15 is 0 Å². The van der Waals surface area contributed by atoms with Crippen LogP contribution in [0.1, 0.15) is 5.69 Å². The van der Waals surface area contributed by atoms with E-state index in [1.807, 2.05) is 30.3 Å². The molecule has 0 atom stereocenters. The van der Waals surface area contributed by atoms with E-state index in [0.29, 0.717) is 0 Å². The van der Waals surface area contributed by atoms with Crippen LogP contribution in [0.15, 0.2) is 72.1 Å². The van der Waals surface area contributed by atoms with E-state index in [0.717, 1.165) is 33.6 Å². The Morgan fingerprint density at radius 3 is 2.50 bits per heavy atom. The Kier molecular flexibility index (Phi) is 4.05. The molecule has 0 bridgehead atoms. The zero-order valence-electron chi connectivity index (χ0n) is 13.6. The van der Waals surface area contributed by atoms with Crippen LogP contribution in [0.3, 0.4) is 0 Å². The van der Waals surface area contributed by atoms with E-state index in [2.05, 4.69) is 15.0 Å². The van der Waals surface area contributed by atoms with E-state index in [4.69, 9.17) is 10.6 Å².